The van der Waals surface area contributed by atoms with E-state index in [0.717, 1.165) is 4.90 Å². The molecule has 2 amide bonds. The van der Waals surface area contributed by atoms with Gasteiger partial charge in [0.1, 0.15) is 11.3 Å². The summed E-state index contributed by atoms with van der Waals surface area (Å²) in [5.74, 6) is -4.34. The molecule has 0 aromatic heterocycles. The van der Waals surface area contributed by atoms with Crippen LogP contribution in [-0.2, 0) is 14.4 Å². The molecule has 2 aromatic carbocycles. The number of para-hydroxylation sites is 1. The van der Waals surface area contributed by atoms with Gasteiger partial charge in [0.25, 0.3) is 0 Å². The van der Waals surface area contributed by atoms with Crippen molar-refractivity contribution < 1.29 is 24.6 Å². The van der Waals surface area contributed by atoms with E-state index < -0.39 is 41.2 Å². The van der Waals surface area contributed by atoms with Gasteiger partial charge in [0.05, 0.1) is 17.5 Å². The van der Waals surface area contributed by atoms with Gasteiger partial charge >= 0.3 is 5.97 Å². The van der Waals surface area contributed by atoms with Gasteiger partial charge in [0.2, 0.25) is 11.8 Å². The Hall–Kier alpha value is -2.71. The molecule has 2 aromatic rings. The van der Waals surface area contributed by atoms with E-state index in [4.69, 9.17) is 0 Å². The summed E-state index contributed by atoms with van der Waals surface area (Å²) in [5.41, 5.74) is -0.839. The number of carbonyl (C=O) groups is 3. The second kappa shape index (κ2) is 7.76. The molecule has 0 radical (unpaired) electrons. The lowest BCUT2D eigenvalue weighted by Gasteiger charge is -2.32. The Morgan fingerprint density at radius 3 is 2.45 bits per heavy atom. The third-order valence-electron chi connectivity index (χ3n) is 6.11. The second-order valence-electron chi connectivity index (χ2n) is 8.55. The third kappa shape index (κ3) is 3.34. The smallest absolute Gasteiger partial charge is 0.324 e. The minimum Gasteiger partial charge on any atom is -0.508 e. The standard InChI is InChI=1S/C23H23BrN2O5/c1-12(2)11-23(22(30)31)18-17(19(25-23)15-10-13(24)8-9-16(15)27)20(28)26(21(18)29)14-6-4-3-5-7-14/h3-10,12,17-19,25,27H,11H2,1-2H3,(H,30,31)/t17-,18+,19+,23-/m0/s1. The Bertz CT molecular complexity index is 1060. The van der Waals surface area contributed by atoms with Crippen molar-refractivity contribution in [1.82, 2.24) is 5.32 Å². The monoisotopic (exact) mass is 486 g/mol. The second-order valence-corrected chi connectivity index (χ2v) is 9.47. The number of anilines is 1. The Labute approximate surface area is 188 Å². The molecule has 0 saturated carbocycles. The highest BCUT2D eigenvalue weighted by atomic mass is 79.9. The molecule has 2 fully saturated rings. The summed E-state index contributed by atoms with van der Waals surface area (Å²) in [7, 11) is 0. The molecular formula is C23H23BrN2O5. The van der Waals surface area contributed by atoms with Gasteiger partial charge in [-0.1, -0.05) is 48.0 Å². The van der Waals surface area contributed by atoms with Crippen molar-refractivity contribution in [2.24, 2.45) is 17.8 Å². The number of nitrogens with zero attached hydrogens (tertiary/aromatic N) is 1. The van der Waals surface area contributed by atoms with Crippen LogP contribution >= 0.6 is 15.9 Å². The normalized spacial score (nSPS) is 27.7. The SMILES string of the molecule is CC(C)C[C@]1(C(=O)O)N[C@H](c2cc(Br)ccc2O)[C@H]2C(=O)N(c3ccccc3)C(=O)[C@@H]21. The molecule has 0 aliphatic carbocycles. The van der Waals surface area contributed by atoms with E-state index in [2.05, 4.69) is 21.2 Å². The van der Waals surface area contributed by atoms with Crippen molar-refractivity contribution in [2.45, 2.75) is 31.8 Å². The minimum atomic E-state index is -1.63. The van der Waals surface area contributed by atoms with Crippen molar-refractivity contribution in [2.75, 3.05) is 4.90 Å². The van der Waals surface area contributed by atoms with Crippen molar-refractivity contribution >= 4 is 39.4 Å². The first-order chi connectivity index (χ1) is 14.7. The Kier molecular flexibility index (Phi) is 5.39. The zero-order valence-electron chi connectivity index (χ0n) is 17.1. The summed E-state index contributed by atoms with van der Waals surface area (Å²) >= 11 is 3.37. The van der Waals surface area contributed by atoms with E-state index in [1.165, 1.54) is 6.07 Å². The molecule has 2 aliphatic heterocycles. The fourth-order valence-electron chi connectivity index (χ4n) is 4.99. The van der Waals surface area contributed by atoms with Crippen LogP contribution in [0.25, 0.3) is 0 Å². The first kappa shape index (κ1) is 21.5. The number of amides is 2. The summed E-state index contributed by atoms with van der Waals surface area (Å²) in [6.07, 6.45) is 0.163. The van der Waals surface area contributed by atoms with Crippen molar-refractivity contribution in [3.05, 3.63) is 58.6 Å². The van der Waals surface area contributed by atoms with Crippen LogP contribution < -0.4 is 10.2 Å². The third-order valence-corrected chi connectivity index (χ3v) is 6.60. The summed E-state index contributed by atoms with van der Waals surface area (Å²) < 4.78 is 0.673. The van der Waals surface area contributed by atoms with E-state index in [0.29, 0.717) is 15.7 Å². The number of carbonyl (C=O) groups excluding carboxylic acids is 2. The number of aromatic hydroxyl groups is 1. The van der Waals surface area contributed by atoms with Gasteiger partial charge in [0, 0.05) is 16.1 Å². The summed E-state index contributed by atoms with van der Waals surface area (Å²) in [4.78, 5) is 40.8. The van der Waals surface area contributed by atoms with Crippen LogP contribution in [0.15, 0.2) is 53.0 Å². The minimum absolute atomic E-state index is 0.0483. The molecule has 2 heterocycles. The summed E-state index contributed by atoms with van der Waals surface area (Å²) in [6.45, 7) is 3.75. The molecule has 162 valence electrons. The van der Waals surface area contributed by atoms with Gasteiger partial charge in [0.15, 0.2) is 0 Å². The van der Waals surface area contributed by atoms with E-state index in [1.54, 1.807) is 42.5 Å². The lowest BCUT2D eigenvalue weighted by molar-refractivity contribution is -0.149. The maximum absolute atomic E-state index is 13.6. The average Bonchev–Trinajstić information content (AvgIpc) is 3.18. The lowest BCUT2D eigenvalue weighted by Crippen LogP contribution is -2.56. The molecule has 0 bridgehead atoms. The van der Waals surface area contributed by atoms with Gasteiger partial charge < -0.3 is 10.2 Å². The molecule has 0 unspecified atom stereocenters. The van der Waals surface area contributed by atoms with Crippen molar-refractivity contribution in [3.63, 3.8) is 0 Å². The first-order valence-electron chi connectivity index (χ1n) is 10.1. The predicted molar refractivity (Wildman–Crippen MR) is 117 cm³/mol. The van der Waals surface area contributed by atoms with Gasteiger partial charge in [-0.2, -0.15) is 0 Å². The number of nitrogens with one attached hydrogen (secondary N) is 1. The Morgan fingerprint density at radius 2 is 1.84 bits per heavy atom. The molecule has 8 heteroatoms. The van der Waals surface area contributed by atoms with Crippen LogP contribution in [0, 0.1) is 17.8 Å². The number of hydrogen-bond donors (Lipinski definition) is 3. The number of benzene rings is 2. The number of rotatable bonds is 5. The number of halogens is 1. The molecule has 4 atom stereocenters. The molecule has 2 saturated heterocycles. The highest BCUT2D eigenvalue weighted by molar-refractivity contribution is 9.10. The topological polar surface area (TPSA) is 107 Å². The van der Waals surface area contributed by atoms with Crippen LogP contribution in [0.4, 0.5) is 5.69 Å². The quantitative estimate of drug-likeness (QED) is 0.558. The van der Waals surface area contributed by atoms with Crippen molar-refractivity contribution in [1.29, 1.82) is 0 Å². The fourth-order valence-corrected chi connectivity index (χ4v) is 5.37. The number of aliphatic carboxylic acids is 1. The van der Waals surface area contributed by atoms with Crippen LogP contribution in [0.5, 0.6) is 5.75 Å². The number of hydrogen-bond acceptors (Lipinski definition) is 5. The van der Waals surface area contributed by atoms with Crippen LogP contribution in [0.1, 0.15) is 31.9 Å². The molecule has 3 N–H and O–H groups in total. The zero-order chi connectivity index (χ0) is 22.5. The molecule has 7 nitrogen and oxygen atoms in total. The molecule has 0 spiro atoms. The highest BCUT2D eigenvalue weighted by Gasteiger charge is 2.68. The van der Waals surface area contributed by atoms with E-state index >= 15 is 0 Å². The number of carboxylic acid groups (broad SMARTS) is 1. The van der Waals surface area contributed by atoms with Crippen LogP contribution in [0.3, 0.4) is 0 Å². The van der Waals surface area contributed by atoms with Crippen molar-refractivity contribution in [3.8, 4) is 5.75 Å². The number of phenols is 1. The fraction of sp³-hybridized carbons (Fsp3) is 0.348. The number of imide groups is 1. The number of fused-ring (bicyclic) bond motifs is 1. The van der Waals surface area contributed by atoms with E-state index in [9.17, 15) is 24.6 Å². The van der Waals surface area contributed by atoms with Crippen LogP contribution in [0.2, 0.25) is 0 Å². The Morgan fingerprint density at radius 1 is 1.16 bits per heavy atom. The van der Waals surface area contributed by atoms with Gasteiger partial charge in [-0.05, 0) is 42.7 Å². The van der Waals surface area contributed by atoms with E-state index in [-0.39, 0.29) is 18.1 Å². The number of phenolic OH excluding ortho intramolecular Hbond substituents is 1. The average molecular weight is 487 g/mol. The number of carboxylic acids is 1. The highest BCUT2D eigenvalue weighted by Crippen LogP contribution is 2.53. The first-order valence-corrected chi connectivity index (χ1v) is 10.9. The lowest BCUT2D eigenvalue weighted by atomic mass is 9.75. The van der Waals surface area contributed by atoms with Gasteiger partial charge in [-0.25, -0.2) is 4.90 Å². The Balaban J connectivity index is 1.90. The largest absolute Gasteiger partial charge is 0.508 e. The predicted octanol–water partition coefficient (Wildman–Crippen LogP) is 3.47. The molecular weight excluding hydrogens is 464 g/mol. The summed E-state index contributed by atoms with van der Waals surface area (Å²) in [6, 6.07) is 12.5. The van der Waals surface area contributed by atoms with Gasteiger partial charge in [-0.3, -0.25) is 19.7 Å². The van der Waals surface area contributed by atoms with Crippen LogP contribution in [-0.4, -0.2) is 33.5 Å². The maximum Gasteiger partial charge on any atom is 0.324 e. The van der Waals surface area contributed by atoms with Gasteiger partial charge in [-0.15, -0.1) is 0 Å². The molecule has 4 rings (SSSR count). The molecule has 31 heavy (non-hydrogen) atoms. The zero-order valence-corrected chi connectivity index (χ0v) is 18.7. The molecule has 2 aliphatic rings. The summed E-state index contributed by atoms with van der Waals surface area (Å²) in [5, 5.41) is 23.9. The van der Waals surface area contributed by atoms with E-state index in [1.807, 2.05) is 13.8 Å². The maximum atomic E-state index is 13.6.